The molecule has 0 spiro atoms. The second-order valence-electron chi connectivity index (χ2n) is 5.62. The van der Waals surface area contributed by atoms with Gasteiger partial charge in [0.25, 0.3) is 5.56 Å². The van der Waals surface area contributed by atoms with Gasteiger partial charge in [0.1, 0.15) is 4.83 Å². The van der Waals surface area contributed by atoms with Gasteiger partial charge in [-0.05, 0) is 24.0 Å². The van der Waals surface area contributed by atoms with Gasteiger partial charge in [-0.25, -0.2) is 4.98 Å². The van der Waals surface area contributed by atoms with Crippen LogP contribution in [0.15, 0.2) is 40.8 Å². The number of carbonyl (C=O) groups is 1. The average molecular weight is 342 g/mol. The van der Waals surface area contributed by atoms with Crippen molar-refractivity contribution in [3.8, 4) is 11.1 Å². The van der Waals surface area contributed by atoms with Crippen LogP contribution in [0.5, 0.6) is 0 Å². The Morgan fingerprint density at radius 1 is 1.29 bits per heavy atom. The molecular formula is C18H18N2O3S. The number of carboxylic acid groups (broad SMARTS) is 1. The van der Waals surface area contributed by atoms with Crippen LogP contribution in [0.25, 0.3) is 21.3 Å². The predicted molar refractivity (Wildman–Crippen MR) is 95.6 cm³/mol. The molecule has 0 fully saturated rings. The molecule has 0 amide bonds. The minimum atomic E-state index is -0.857. The number of aromatic nitrogens is 2. The Hall–Kier alpha value is -2.47. The highest BCUT2D eigenvalue weighted by Crippen LogP contribution is 2.30. The summed E-state index contributed by atoms with van der Waals surface area (Å²) in [6.45, 7) is 2.47. The van der Waals surface area contributed by atoms with E-state index in [0.717, 1.165) is 17.5 Å². The topological polar surface area (TPSA) is 72.2 Å². The number of rotatable bonds is 6. The summed E-state index contributed by atoms with van der Waals surface area (Å²) >= 11 is 1.45. The van der Waals surface area contributed by atoms with E-state index >= 15 is 0 Å². The van der Waals surface area contributed by atoms with Crippen LogP contribution in [0.2, 0.25) is 0 Å². The molecule has 3 rings (SSSR count). The van der Waals surface area contributed by atoms with Crippen molar-refractivity contribution in [1.82, 2.24) is 9.55 Å². The number of hydrogen-bond donors (Lipinski definition) is 1. The average Bonchev–Trinajstić information content (AvgIpc) is 3.01. The van der Waals surface area contributed by atoms with Crippen molar-refractivity contribution in [2.45, 2.75) is 32.7 Å². The van der Waals surface area contributed by atoms with Gasteiger partial charge in [-0.2, -0.15) is 0 Å². The zero-order valence-electron chi connectivity index (χ0n) is 13.4. The van der Waals surface area contributed by atoms with Crippen LogP contribution in [0, 0.1) is 0 Å². The lowest BCUT2D eigenvalue weighted by Crippen LogP contribution is -2.20. The lowest BCUT2D eigenvalue weighted by atomic mass is 10.0. The van der Waals surface area contributed by atoms with Gasteiger partial charge in [0, 0.05) is 23.9 Å². The summed E-state index contributed by atoms with van der Waals surface area (Å²) in [6.07, 6.45) is 2.93. The number of hydrogen-bond acceptors (Lipinski definition) is 4. The summed E-state index contributed by atoms with van der Waals surface area (Å²) in [6, 6.07) is 8.20. The molecule has 2 aromatic heterocycles. The zero-order valence-corrected chi connectivity index (χ0v) is 14.2. The van der Waals surface area contributed by atoms with Crippen LogP contribution in [-0.4, -0.2) is 20.6 Å². The summed E-state index contributed by atoms with van der Waals surface area (Å²) < 4.78 is 1.50. The molecule has 0 aliphatic carbocycles. The third-order valence-corrected chi connectivity index (χ3v) is 4.91. The fourth-order valence-electron chi connectivity index (χ4n) is 2.66. The van der Waals surface area contributed by atoms with Crippen molar-refractivity contribution in [3.05, 3.63) is 51.9 Å². The highest BCUT2D eigenvalue weighted by Gasteiger charge is 2.13. The van der Waals surface area contributed by atoms with Gasteiger partial charge in [-0.15, -0.1) is 11.3 Å². The van der Waals surface area contributed by atoms with E-state index in [0.29, 0.717) is 23.2 Å². The van der Waals surface area contributed by atoms with E-state index in [1.54, 1.807) is 0 Å². The Balaban J connectivity index is 2.00. The van der Waals surface area contributed by atoms with Gasteiger partial charge in [-0.3, -0.25) is 14.2 Å². The van der Waals surface area contributed by atoms with E-state index in [2.05, 4.69) is 24.0 Å². The Labute approximate surface area is 143 Å². The van der Waals surface area contributed by atoms with Crippen LogP contribution < -0.4 is 5.56 Å². The summed E-state index contributed by atoms with van der Waals surface area (Å²) in [5.74, 6) is -0.857. The number of aliphatic carboxylic acids is 1. The third-order valence-electron chi connectivity index (χ3n) is 4.02. The maximum atomic E-state index is 12.8. The van der Waals surface area contributed by atoms with Gasteiger partial charge in [0.2, 0.25) is 0 Å². The van der Waals surface area contributed by atoms with Crippen molar-refractivity contribution in [2.75, 3.05) is 0 Å². The molecule has 0 saturated carbocycles. The fourth-order valence-corrected chi connectivity index (χ4v) is 3.57. The van der Waals surface area contributed by atoms with Gasteiger partial charge in [0.05, 0.1) is 11.7 Å². The van der Waals surface area contributed by atoms with E-state index in [1.165, 1.54) is 27.8 Å². The van der Waals surface area contributed by atoms with Gasteiger partial charge in [0.15, 0.2) is 0 Å². The molecule has 2 heterocycles. The van der Waals surface area contributed by atoms with E-state index < -0.39 is 5.97 Å². The smallest absolute Gasteiger partial charge is 0.303 e. The summed E-state index contributed by atoms with van der Waals surface area (Å²) in [5, 5.41) is 11.3. The predicted octanol–water partition coefficient (Wildman–Crippen LogP) is 3.55. The highest BCUT2D eigenvalue weighted by atomic mass is 32.1. The van der Waals surface area contributed by atoms with E-state index in [-0.39, 0.29) is 12.0 Å². The van der Waals surface area contributed by atoms with Crippen molar-refractivity contribution >= 4 is 27.5 Å². The maximum absolute atomic E-state index is 12.8. The maximum Gasteiger partial charge on any atom is 0.303 e. The Kier molecular flexibility index (Phi) is 4.76. The van der Waals surface area contributed by atoms with Crippen molar-refractivity contribution < 1.29 is 9.90 Å². The molecule has 1 aromatic carbocycles. The molecule has 0 bridgehead atoms. The molecule has 0 saturated heterocycles. The van der Waals surface area contributed by atoms with Crippen LogP contribution in [0.4, 0.5) is 0 Å². The lowest BCUT2D eigenvalue weighted by molar-refractivity contribution is -0.137. The summed E-state index contributed by atoms with van der Waals surface area (Å²) in [7, 11) is 0. The van der Waals surface area contributed by atoms with Gasteiger partial charge in [-0.1, -0.05) is 31.2 Å². The van der Waals surface area contributed by atoms with E-state index in [9.17, 15) is 9.59 Å². The minimum Gasteiger partial charge on any atom is -0.481 e. The normalized spacial score (nSPS) is 11.0. The molecular weight excluding hydrogens is 324 g/mol. The standard InChI is InChI=1S/C18H18N2O3S/c1-2-12-5-7-13(8-6-12)14-10-24-17-16(14)18(23)20(11-19-17)9-3-4-15(21)22/h5-8,10-11H,2-4,9H2,1H3,(H,21,22). The molecule has 0 unspecified atom stereocenters. The lowest BCUT2D eigenvalue weighted by Gasteiger charge is -2.06. The largest absolute Gasteiger partial charge is 0.481 e. The molecule has 0 atom stereocenters. The molecule has 6 heteroatoms. The van der Waals surface area contributed by atoms with E-state index in [1.807, 2.05) is 17.5 Å². The highest BCUT2D eigenvalue weighted by molar-refractivity contribution is 7.17. The number of benzene rings is 1. The van der Waals surface area contributed by atoms with Crippen LogP contribution in [0.1, 0.15) is 25.3 Å². The van der Waals surface area contributed by atoms with Crippen LogP contribution in [0.3, 0.4) is 0 Å². The molecule has 5 nitrogen and oxygen atoms in total. The first-order valence-corrected chi connectivity index (χ1v) is 8.76. The first kappa shape index (κ1) is 16.4. The van der Waals surface area contributed by atoms with Crippen molar-refractivity contribution in [1.29, 1.82) is 0 Å². The molecule has 0 aliphatic rings. The van der Waals surface area contributed by atoms with E-state index in [4.69, 9.17) is 5.11 Å². The number of nitrogens with zero attached hydrogens (tertiary/aromatic N) is 2. The fraction of sp³-hybridized carbons (Fsp3) is 0.278. The number of aryl methyl sites for hydroxylation is 2. The van der Waals surface area contributed by atoms with Gasteiger partial charge >= 0.3 is 5.97 Å². The second-order valence-corrected chi connectivity index (χ2v) is 6.48. The zero-order chi connectivity index (χ0) is 17.1. The number of thiophene rings is 1. The molecule has 24 heavy (non-hydrogen) atoms. The minimum absolute atomic E-state index is 0.0411. The molecule has 1 N–H and O–H groups in total. The van der Waals surface area contributed by atoms with Crippen molar-refractivity contribution in [2.24, 2.45) is 0 Å². The Morgan fingerprint density at radius 3 is 2.71 bits per heavy atom. The van der Waals surface area contributed by atoms with Crippen molar-refractivity contribution in [3.63, 3.8) is 0 Å². The monoisotopic (exact) mass is 342 g/mol. The SMILES string of the molecule is CCc1ccc(-c2csc3ncn(CCCC(=O)O)c(=O)c23)cc1. The molecule has 3 aromatic rings. The van der Waals surface area contributed by atoms with Gasteiger partial charge < -0.3 is 5.11 Å². The Bertz CT molecular complexity index is 926. The Morgan fingerprint density at radius 2 is 2.04 bits per heavy atom. The van der Waals surface area contributed by atoms with Crippen LogP contribution >= 0.6 is 11.3 Å². The molecule has 0 aliphatic heterocycles. The molecule has 124 valence electrons. The second kappa shape index (κ2) is 6.97. The third kappa shape index (κ3) is 3.23. The quantitative estimate of drug-likeness (QED) is 0.743. The first-order chi connectivity index (χ1) is 11.6. The summed E-state index contributed by atoms with van der Waals surface area (Å²) in [5.41, 5.74) is 3.03. The summed E-state index contributed by atoms with van der Waals surface area (Å²) in [4.78, 5) is 28.5. The number of fused-ring (bicyclic) bond motifs is 1. The first-order valence-electron chi connectivity index (χ1n) is 7.88. The van der Waals surface area contributed by atoms with Crippen LogP contribution in [-0.2, 0) is 17.8 Å². The molecule has 0 radical (unpaired) electrons. The number of carboxylic acids is 1.